The van der Waals surface area contributed by atoms with Gasteiger partial charge in [0, 0.05) is 22.5 Å². The first-order valence-electron chi connectivity index (χ1n) is 7.00. The minimum absolute atomic E-state index is 0.187. The summed E-state index contributed by atoms with van der Waals surface area (Å²) in [7, 11) is 0. The van der Waals surface area contributed by atoms with Crippen molar-refractivity contribution in [3.8, 4) is 0 Å². The molecule has 1 aliphatic rings. The lowest BCUT2D eigenvalue weighted by Crippen LogP contribution is -2.14. The average molecular weight is 359 g/mol. The second-order valence-electron chi connectivity index (χ2n) is 5.12. The van der Waals surface area contributed by atoms with Gasteiger partial charge in [-0.1, -0.05) is 6.08 Å². The number of halogens is 3. The number of esters is 1. The molecule has 2 nitrogen and oxygen atoms in total. The molecule has 0 amide bonds. The smallest absolute Gasteiger partial charge is 0.306 e. The van der Waals surface area contributed by atoms with E-state index in [1.165, 1.54) is 6.07 Å². The quantitative estimate of drug-likeness (QED) is 0.718. The molecule has 0 heterocycles. The SMILES string of the molecule is CCOC(=O)CC1CC=C(c2c(F)cc(F)cc2Br)CC1. The number of benzene rings is 1. The summed E-state index contributed by atoms with van der Waals surface area (Å²) in [5.74, 6) is -1.11. The van der Waals surface area contributed by atoms with Gasteiger partial charge in [-0.25, -0.2) is 8.78 Å². The maximum atomic E-state index is 13.9. The third-order valence-corrected chi connectivity index (χ3v) is 4.23. The number of carbonyl (C=O) groups excluding carboxylic acids is 1. The van der Waals surface area contributed by atoms with Crippen molar-refractivity contribution in [1.29, 1.82) is 0 Å². The Morgan fingerprint density at radius 1 is 1.43 bits per heavy atom. The van der Waals surface area contributed by atoms with Crippen LogP contribution < -0.4 is 0 Å². The highest BCUT2D eigenvalue weighted by atomic mass is 79.9. The predicted octanol–water partition coefficient (Wildman–Crippen LogP) is 4.86. The average Bonchev–Trinajstić information content (AvgIpc) is 2.39. The molecule has 21 heavy (non-hydrogen) atoms. The fourth-order valence-electron chi connectivity index (χ4n) is 2.61. The van der Waals surface area contributed by atoms with Gasteiger partial charge < -0.3 is 4.74 Å². The fraction of sp³-hybridized carbons (Fsp3) is 0.438. The minimum Gasteiger partial charge on any atom is -0.466 e. The highest BCUT2D eigenvalue weighted by Gasteiger charge is 2.22. The molecule has 1 aromatic carbocycles. The number of rotatable bonds is 4. The van der Waals surface area contributed by atoms with Crippen molar-refractivity contribution in [2.75, 3.05) is 6.61 Å². The molecule has 1 aromatic rings. The van der Waals surface area contributed by atoms with E-state index in [0.29, 0.717) is 35.9 Å². The van der Waals surface area contributed by atoms with E-state index in [1.807, 2.05) is 6.08 Å². The maximum Gasteiger partial charge on any atom is 0.306 e. The van der Waals surface area contributed by atoms with Gasteiger partial charge in [-0.05, 0) is 59.7 Å². The summed E-state index contributed by atoms with van der Waals surface area (Å²) in [6, 6.07) is 2.16. The van der Waals surface area contributed by atoms with Gasteiger partial charge in [0.25, 0.3) is 0 Å². The Hall–Kier alpha value is -1.23. The number of ether oxygens (including phenoxy) is 1. The van der Waals surface area contributed by atoms with Crippen molar-refractivity contribution in [2.24, 2.45) is 5.92 Å². The third-order valence-electron chi connectivity index (χ3n) is 3.61. The summed E-state index contributed by atoms with van der Waals surface area (Å²) >= 11 is 3.21. The Morgan fingerprint density at radius 2 is 2.19 bits per heavy atom. The molecule has 0 radical (unpaired) electrons. The van der Waals surface area contributed by atoms with Crippen molar-refractivity contribution in [3.63, 3.8) is 0 Å². The topological polar surface area (TPSA) is 26.3 Å². The van der Waals surface area contributed by atoms with Crippen LogP contribution in [0, 0.1) is 17.6 Å². The molecule has 1 atom stereocenters. The molecule has 5 heteroatoms. The van der Waals surface area contributed by atoms with E-state index in [4.69, 9.17) is 4.74 Å². The van der Waals surface area contributed by atoms with E-state index in [-0.39, 0.29) is 11.9 Å². The van der Waals surface area contributed by atoms with E-state index in [9.17, 15) is 13.6 Å². The second-order valence-corrected chi connectivity index (χ2v) is 5.98. The van der Waals surface area contributed by atoms with Crippen LogP contribution in [-0.4, -0.2) is 12.6 Å². The van der Waals surface area contributed by atoms with Gasteiger partial charge in [-0.2, -0.15) is 0 Å². The number of carbonyl (C=O) groups is 1. The zero-order valence-corrected chi connectivity index (χ0v) is 13.4. The van der Waals surface area contributed by atoms with Crippen LogP contribution in [0.3, 0.4) is 0 Å². The normalized spacial score (nSPS) is 18.3. The van der Waals surface area contributed by atoms with Crippen LogP contribution in [0.25, 0.3) is 5.57 Å². The number of hydrogen-bond donors (Lipinski definition) is 0. The largest absolute Gasteiger partial charge is 0.466 e. The first-order chi connectivity index (χ1) is 10.0. The standard InChI is InChI=1S/C16H17BrF2O2/c1-2-21-15(20)7-10-3-5-11(6-4-10)16-13(17)8-12(18)9-14(16)19/h5,8-10H,2-4,6-7H2,1H3. The molecule has 0 spiro atoms. The van der Waals surface area contributed by atoms with Crippen molar-refractivity contribution in [1.82, 2.24) is 0 Å². The maximum absolute atomic E-state index is 13.9. The fourth-order valence-corrected chi connectivity index (χ4v) is 3.27. The first-order valence-corrected chi connectivity index (χ1v) is 7.80. The molecule has 2 rings (SSSR count). The Bertz CT molecular complexity index is 546. The lowest BCUT2D eigenvalue weighted by Gasteiger charge is -2.22. The van der Waals surface area contributed by atoms with Gasteiger partial charge in [0.05, 0.1) is 6.61 Å². The first kappa shape index (κ1) is 16.1. The summed E-state index contributed by atoms with van der Waals surface area (Å²) in [4.78, 5) is 11.5. The van der Waals surface area contributed by atoms with Gasteiger partial charge in [-0.3, -0.25) is 4.79 Å². The van der Waals surface area contributed by atoms with Crippen LogP contribution in [0.15, 0.2) is 22.7 Å². The Balaban J connectivity index is 2.08. The van der Waals surface area contributed by atoms with Gasteiger partial charge in [0.2, 0.25) is 0 Å². The van der Waals surface area contributed by atoms with Gasteiger partial charge in [0.15, 0.2) is 0 Å². The van der Waals surface area contributed by atoms with Crippen molar-refractivity contribution < 1.29 is 18.3 Å². The predicted molar refractivity (Wildman–Crippen MR) is 80.6 cm³/mol. The molecule has 0 saturated heterocycles. The van der Waals surface area contributed by atoms with Crippen molar-refractivity contribution >= 4 is 27.5 Å². The van der Waals surface area contributed by atoms with E-state index in [0.717, 1.165) is 18.1 Å². The summed E-state index contributed by atoms with van der Waals surface area (Å²) in [5, 5.41) is 0. The molecular weight excluding hydrogens is 342 g/mol. The van der Waals surface area contributed by atoms with Crippen molar-refractivity contribution in [2.45, 2.75) is 32.6 Å². The zero-order valence-electron chi connectivity index (χ0n) is 11.8. The van der Waals surface area contributed by atoms with E-state index < -0.39 is 11.6 Å². The highest BCUT2D eigenvalue weighted by Crippen LogP contribution is 2.36. The van der Waals surface area contributed by atoms with Gasteiger partial charge in [-0.15, -0.1) is 0 Å². The van der Waals surface area contributed by atoms with Crippen LogP contribution in [0.4, 0.5) is 8.78 Å². The molecule has 1 unspecified atom stereocenters. The zero-order chi connectivity index (χ0) is 15.4. The molecule has 0 saturated carbocycles. The van der Waals surface area contributed by atoms with Crippen LogP contribution in [0.1, 0.15) is 38.2 Å². The Morgan fingerprint density at radius 3 is 2.76 bits per heavy atom. The number of allylic oxidation sites excluding steroid dienone is 2. The van der Waals surface area contributed by atoms with E-state index >= 15 is 0 Å². The molecule has 1 aliphatic carbocycles. The number of hydrogen-bond acceptors (Lipinski definition) is 2. The highest BCUT2D eigenvalue weighted by molar-refractivity contribution is 9.10. The third kappa shape index (κ3) is 4.13. The van der Waals surface area contributed by atoms with E-state index in [2.05, 4.69) is 15.9 Å². The molecule has 0 bridgehead atoms. The minimum atomic E-state index is -0.597. The van der Waals surface area contributed by atoms with Crippen molar-refractivity contribution in [3.05, 3.63) is 39.9 Å². The van der Waals surface area contributed by atoms with Crippen LogP contribution >= 0.6 is 15.9 Å². The summed E-state index contributed by atoms with van der Waals surface area (Å²) in [6.07, 6.45) is 4.51. The van der Waals surface area contributed by atoms with Crippen LogP contribution in [-0.2, 0) is 9.53 Å². The Labute approximate surface area is 131 Å². The van der Waals surface area contributed by atoms with Crippen LogP contribution in [0.2, 0.25) is 0 Å². The van der Waals surface area contributed by atoms with Gasteiger partial charge in [0.1, 0.15) is 11.6 Å². The van der Waals surface area contributed by atoms with Crippen LogP contribution in [0.5, 0.6) is 0 Å². The monoisotopic (exact) mass is 358 g/mol. The molecular formula is C16H17BrF2O2. The lowest BCUT2D eigenvalue weighted by atomic mass is 9.85. The summed E-state index contributed by atoms with van der Waals surface area (Å²) in [5.41, 5.74) is 1.28. The molecule has 0 aromatic heterocycles. The summed E-state index contributed by atoms with van der Waals surface area (Å²) in [6.45, 7) is 2.17. The second kappa shape index (κ2) is 7.16. The van der Waals surface area contributed by atoms with Gasteiger partial charge >= 0.3 is 5.97 Å². The van der Waals surface area contributed by atoms with E-state index in [1.54, 1.807) is 6.92 Å². The molecule has 0 N–H and O–H groups in total. The molecule has 0 fully saturated rings. The summed E-state index contributed by atoms with van der Waals surface area (Å²) < 4.78 is 32.4. The molecule has 114 valence electrons. The lowest BCUT2D eigenvalue weighted by molar-refractivity contribution is -0.144. The molecule has 0 aliphatic heterocycles. The Kier molecular flexibility index (Phi) is 5.51.